The summed E-state index contributed by atoms with van der Waals surface area (Å²) in [6.07, 6.45) is 1.73. The summed E-state index contributed by atoms with van der Waals surface area (Å²) in [5, 5.41) is 0. The Balaban J connectivity index is 1.89. The summed E-state index contributed by atoms with van der Waals surface area (Å²) < 4.78 is 5.60. The molecular formula is C19H20N2O3. The highest BCUT2D eigenvalue weighted by atomic mass is 16.4. The Labute approximate surface area is 141 Å². The second-order valence-electron chi connectivity index (χ2n) is 5.82. The number of amides is 2. The molecule has 1 aliphatic heterocycles. The molecule has 0 bridgehead atoms. The van der Waals surface area contributed by atoms with Crippen molar-refractivity contribution < 1.29 is 14.0 Å². The van der Waals surface area contributed by atoms with E-state index in [4.69, 9.17) is 4.42 Å². The maximum atomic E-state index is 13.0. The van der Waals surface area contributed by atoms with Gasteiger partial charge in [0.25, 0.3) is 5.91 Å². The maximum Gasteiger partial charge on any atom is 0.252 e. The fourth-order valence-corrected chi connectivity index (χ4v) is 2.99. The third kappa shape index (κ3) is 3.11. The molecule has 3 rings (SSSR count). The minimum absolute atomic E-state index is 0.130. The Morgan fingerprint density at radius 3 is 2.62 bits per heavy atom. The van der Waals surface area contributed by atoms with Crippen LogP contribution in [0.15, 0.2) is 59.5 Å². The number of hydrogen-bond donors (Lipinski definition) is 0. The van der Waals surface area contributed by atoms with Crippen LogP contribution in [-0.4, -0.2) is 35.8 Å². The molecule has 2 heterocycles. The van der Waals surface area contributed by atoms with Crippen molar-refractivity contribution in [3.8, 4) is 0 Å². The Kier molecular flexibility index (Phi) is 4.51. The summed E-state index contributed by atoms with van der Waals surface area (Å²) >= 11 is 0. The number of hydrogen-bond acceptors (Lipinski definition) is 3. The largest absolute Gasteiger partial charge is 0.445 e. The van der Waals surface area contributed by atoms with Crippen molar-refractivity contribution >= 4 is 17.7 Å². The summed E-state index contributed by atoms with van der Waals surface area (Å²) in [6.45, 7) is 6.25. The molecule has 0 N–H and O–H groups in total. The number of nitrogens with zero attached hydrogens (tertiary/aromatic N) is 2. The van der Waals surface area contributed by atoms with E-state index in [2.05, 4.69) is 6.58 Å². The van der Waals surface area contributed by atoms with Crippen molar-refractivity contribution in [3.63, 3.8) is 0 Å². The molecule has 1 fully saturated rings. The van der Waals surface area contributed by atoms with Crippen LogP contribution in [0.4, 0.5) is 5.88 Å². The van der Waals surface area contributed by atoms with Gasteiger partial charge in [-0.3, -0.25) is 14.5 Å². The van der Waals surface area contributed by atoms with Crippen LogP contribution in [0.2, 0.25) is 0 Å². The summed E-state index contributed by atoms with van der Waals surface area (Å²) in [5.41, 5.74) is 1.01. The third-order valence-corrected chi connectivity index (χ3v) is 4.21. The molecular weight excluding hydrogens is 304 g/mol. The van der Waals surface area contributed by atoms with Gasteiger partial charge in [0.15, 0.2) is 0 Å². The smallest absolute Gasteiger partial charge is 0.252 e. The van der Waals surface area contributed by atoms with E-state index in [-0.39, 0.29) is 11.8 Å². The highest BCUT2D eigenvalue weighted by molar-refractivity contribution is 6.01. The Hall–Kier alpha value is -2.82. The molecule has 124 valence electrons. The van der Waals surface area contributed by atoms with E-state index in [0.29, 0.717) is 25.4 Å². The average molecular weight is 324 g/mol. The monoisotopic (exact) mass is 324 g/mol. The van der Waals surface area contributed by atoms with Gasteiger partial charge in [-0.05, 0) is 24.6 Å². The SMILES string of the molecule is C=CC(=O)N1CCN(c2ccc(C)o2)C(=O)C1Cc1ccccc1. The maximum absolute atomic E-state index is 13.0. The van der Waals surface area contributed by atoms with Gasteiger partial charge < -0.3 is 9.32 Å². The lowest BCUT2D eigenvalue weighted by Crippen LogP contribution is -2.59. The van der Waals surface area contributed by atoms with Gasteiger partial charge in [-0.25, -0.2) is 0 Å². The standard InChI is InChI=1S/C19H20N2O3/c1-3-17(22)20-11-12-21(18-10-9-14(2)24-18)19(23)16(20)13-15-7-5-4-6-8-15/h3-10,16H,1,11-13H2,2H3. The zero-order valence-corrected chi connectivity index (χ0v) is 13.6. The molecule has 5 heteroatoms. The highest BCUT2D eigenvalue weighted by Gasteiger charge is 2.38. The molecule has 2 aromatic rings. The third-order valence-electron chi connectivity index (χ3n) is 4.21. The molecule has 1 atom stereocenters. The van der Waals surface area contributed by atoms with E-state index in [1.54, 1.807) is 15.9 Å². The van der Waals surface area contributed by atoms with E-state index in [1.165, 1.54) is 6.08 Å². The van der Waals surface area contributed by atoms with E-state index < -0.39 is 6.04 Å². The first kappa shape index (κ1) is 16.1. The lowest BCUT2D eigenvalue weighted by molar-refractivity contribution is -0.138. The van der Waals surface area contributed by atoms with E-state index in [1.807, 2.05) is 43.3 Å². The predicted octanol–water partition coefficient (Wildman–Crippen LogP) is 2.56. The molecule has 1 aliphatic rings. The Morgan fingerprint density at radius 1 is 1.25 bits per heavy atom. The molecule has 0 radical (unpaired) electrons. The summed E-state index contributed by atoms with van der Waals surface area (Å²) in [6, 6.07) is 12.8. The van der Waals surface area contributed by atoms with Crippen LogP contribution in [0.5, 0.6) is 0 Å². The van der Waals surface area contributed by atoms with Gasteiger partial charge in [-0.15, -0.1) is 0 Å². The Bertz CT molecular complexity index is 751. The van der Waals surface area contributed by atoms with Crippen LogP contribution in [-0.2, 0) is 16.0 Å². The quantitative estimate of drug-likeness (QED) is 0.812. The predicted molar refractivity (Wildman–Crippen MR) is 91.6 cm³/mol. The minimum Gasteiger partial charge on any atom is -0.445 e. The second kappa shape index (κ2) is 6.74. The number of rotatable bonds is 4. The fourth-order valence-electron chi connectivity index (χ4n) is 2.99. The number of benzene rings is 1. The number of anilines is 1. The zero-order chi connectivity index (χ0) is 17.1. The first-order valence-electron chi connectivity index (χ1n) is 7.95. The van der Waals surface area contributed by atoms with Gasteiger partial charge in [0.05, 0.1) is 0 Å². The van der Waals surface area contributed by atoms with E-state index >= 15 is 0 Å². The van der Waals surface area contributed by atoms with Crippen molar-refractivity contribution in [1.82, 2.24) is 4.90 Å². The van der Waals surface area contributed by atoms with Crippen LogP contribution in [0.1, 0.15) is 11.3 Å². The van der Waals surface area contributed by atoms with Crippen molar-refractivity contribution in [2.45, 2.75) is 19.4 Å². The first-order valence-corrected chi connectivity index (χ1v) is 7.95. The van der Waals surface area contributed by atoms with Crippen LogP contribution in [0.3, 0.4) is 0 Å². The molecule has 2 amide bonds. The molecule has 1 unspecified atom stereocenters. The van der Waals surface area contributed by atoms with E-state index in [0.717, 1.165) is 11.3 Å². The van der Waals surface area contributed by atoms with Crippen LogP contribution in [0, 0.1) is 6.92 Å². The number of furan rings is 1. The number of carbonyl (C=O) groups excluding carboxylic acids is 2. The normalized spacial score (nSPS) is 17.9. The van der Waals surface area contributed by atoms with Crippen LogP contribution in [0.25, 0.3) is 0 Å². The molecule has 0 aliphatic carbocycles. The van der Waals surface area contributed by atoms with Gasteiger partial charge >= 0.3 is 0 Å². The van der Waals surface area contributed by atoms with Gasteiger partial charge in [-0.2, -0.15) is 0 Å². The van der Waals surface area contributed by atoms with E-state index in [9.17, 15) is 9.59 Å². The molecule has 0 spiro atoms. The Morgan fingerprint density at radius 2 is 2.00 bits per heavy atom. The number of carbonyl (C=O) groups is 2. The molecule has 1 aromatic carbocycles. The number of aryl methyl sites for hydroxylation is 1. The summed E-state index contributed by atoms with van der Waals surface area (Å²) in [5.74, 6) is 0.928. The van der Waals surface area contributed by atoms with Crippen molar-refractivity contribution in [2.24, 2.45) is 0 Å². The lowest BCUT2D eigenvalue weighted by atomic mass is 10.0. The summed E-state index contributed by atoms with van der Waals surface area (Å²) in [4.78, 5) is 28.4. The fraction of sp³-hybridized carbons (Fsp3) is 0.263. The minimum atomic E-state index is -0.558. The molecule has 24 heavy (non-hydrogen) atoms. The van der Waals surface area contributed by atoms with Crippen molar-refractivity contribution in [1.29, 1.82) is 0 Å². The number of piperazine rings is 1. The average Bonchev–Trinajstić information content (AvgIpc) is 3.03. The van der Waals surface area contributed by atoms with Gasteiger partial charge in [0.2, 0.25) is 11.8 Å². The van der Waals surface area contributed by atoms with Gasteiger partial charge in [0, 0.05) is 25.6 Å². The molecule has 5 nitrogen and oxygen atoms in total. The van der Waals surface area contributed by atoms with Crippen molar-refractivity contribution in [3.05, 3.63) is 66.4 Å². The summed E-state index contributed by atoms with van der Waals surface area (Å²) in [7, 11) is 0. The van der Waals surface area contributed by atoms with Crippen molar-refractivity contribution in [2.75, 3.05) is 18.0 Å². The lowest BCUT2D eigenvalue weighted by Gasteiger charge is -2.39. The van der Waals surface area contributed by atoms with Gasteiger partial charge in [-0.1, -0.05) is 36.9 Å². The van der Waals surface area contributed by atoms with Crippen LogP contribution >= 0.6 is 0 Å². The zero-order valence-electron chi connectivity index (χ0n) is 13.6. The molecule has 1 saturated heterocycles. The first-order chi connectivity index (χ1) is 11.6. The van der Waals surface area contributed by atoms with Crippen LogP contribution < -0.4 is 4.90 Å². The molecule has 0 saturated carbocycles. The topological polar surface area (TPSA) is 53.8 Å². The second-order valence-corrected chi connectivity index (χ2v) is 5.82. The highest BCUT2D eigenvalue weighted by Crippen LogP contribution is 2.24. The van der Waals surface area contributed by atoms with Gasteiger partial charge in [0.1, 0.15) is 11.8 Å². The molecule has 1 aromatic heterocycles.